The molecule has 1 aromatic heterocycles. The van der Waals surface area contributed by atoms with E-state index in [2.05, 4.69) is 20.9 Å². The summed E-state index contributed by atoms with van der Waals surface area (Å²) in [6, 6.07) is 3.47. The molecule has 0 fully saturated rings. The number of rotatable bonds is 1. The summed E-state index contributed by atoms with van der Waals surface area (Å²) in [5.41, 5.74) is 6.01. The molecule has 3 N–H and O–H groups in total. The SMILES string of the molecule is Nc1nc(CO)ccc1Br. The lowest BCUT2D eigenvalue weighted by molar-refractivity contribution is 0.277. The van der Waals surface area contributed by atoms with Gasteiger partial charge in [0.15, 0.2) is 0 Å². The van der Waals surface area contributed by atoms with Gasteiger partial charge >= 0.3 is 0 Å². The maximum atomic E-state index is 8.62. The lowest BCUT2D eigenvalue weighted by Gasteiger charge is -1.98. The largest absolute Gasteiger partial charge is 0.390 e. The van der Waals surface area contributed by atoms with Crippen LogP contribution < -0.4 is 5.73 Å². The van der Waals surface area contributed by atoms with Crippen molar-refractivity contribution in [2.45, 2.75) is 6.61 Å². The summed E-state index contributed by atoms with van der Waals surface area (Å²) < 4.78 is 0.754. The number of anilines is 1. The second kappa shape index (κ2) is 2.98. The van der Waals surface area contributed by atoms with Crippen molar-refractivity contribution in [2.24, 2.45) is 0 Å². The van der Waals surface area contributed by atoms with E-state index in [1.807, 2.05) is 0 Å². The first-order valence-electron chi connectivity index (χ1n) is 2.76. The molecule has 0 radical (unpaired) electrons. The molecule has 54 valence electrons. The van der Waals surface area contributed by atoms with Crippen molar-refractivity contribution in [1.82, 2.24) is 4.98 Å². The number of hydrogen-bond donors (Lipinski definition) is 2. The minimum atomic E-state index is -0.0719. The van der Waals surface area contributed by atoms with Crippen LogP contribution in [0, 0.1) is 0 Å². The molecular weight excluding hydrogens is 196 g/mol. The van der Waals surface area contributed by atoms with Gasteiger partial charge in [-0.25, -0.2) is 4.98 Å². The number of nitrogen functional groups attached to an aromatic ring is 1. The Morgan fingerprint density at radius 3 is 2.80 bits per heavy atom. The zero-order valence-electron chi connectivity index (χ0n) is 5.21. The number of hydrogen-bond acceptors (Lipinski definition) is 3. The molecule has 0 saturated heterocycles. The minimum Gasteiger partial charge on any atom is -0.390 e. The van der Waals surface area contributed by atoms with Gasteiger partial charge in [-0.3, -0.25) is 0 Å². The van der Waals surface area contributed by atoms with Crippen molar-refractivity contribution < 1.29 is 5.11 Å². The van der Waals surface area contributed by atoms with E-state index < -0.39 is 0 Å². The van der Waals surface area contributed by atoms with Crippen LogP contribution >= 0.6 is 15.9 Å². The van der Waals surface area contributed by atoms with Crippen molar-refractivity contribution in [1.29, 1.82) is 0 Å². The molecule has 0 spiro atoms. The molecule has 0 bridgehead atoms. The molecule has 0 atom stereocenters. The molecule has 1 heterocycles. The Balaban J connectivity index is 3.04. The lowest BCUT2D eigenvalue weighted by atomic mass is 10.3. The van der Waals surface area contributed by atoms with E-state index in [4.69, 9.17) is 10.8 Å². The fourth-order valence-electron chi connectivity index (χ4n) is 0.588. The quantitative estimate of drug-likeness (QED) is 0.713. The summed E-state index contributed by atoms with van der Waals surface area (Å²) >= 11 is 3.19. The van der Waals surface area contributed by atoms with Gasteiger partial charge in [-0.1, -0.05) is 0 Å². The smallest absolute Gasteiger partial charge is 0.138 e. The second-order valence-electron chi connectivity index (χ2n) is 1.83. The van der Waals surface area contributed by atoms with Gasteiger partial charge in [0.2, 0.25) is 0 Å². The van der Waals surface area contributed by atoms with Crippen molar-refractivity contribution in [3.63, 3.8) is 0 Å². The predicted octanol–water partition coefficient (Wildman–Crippen LogP) is 0.919. The Morgan fingerprint density at radius 1 is 1.60 bits per heavy atom. The summed E-state index contributed by atoms with van der Waals surface area (Å²) in [5.74, 6) is 0.409. The van der Waals surface area contributed by atoms with Gasteiger partial charge in [-0.05, 0) is 28.1 Å². The lowest BCUT2D eigenvalue weighted by Crippen LogP contribution is -1.95. The first-order chi connectivity index (χ1) is 4.74. The summed E-state index contributed by atoms with van der Waals surface area (Å²) in [6.45, 7) is -0.0719. The third-order valence-electron chi connectivity index (χ3n) is 1.09. The number of aliphatic hydroxyl groups excluding tert-OH is 1. The van der Waals surface area contributed by atoms with Gasteiger partial charge in [0.25, 0.3) is 0 Å². The van der Waals surface area contributed by atoms with Crippen molar-refractivity contribution in [2.75, 3.05) is 5.73 Å². The monoisotopic (exact) mass is 202 g/mol. The molecule has 0 aromatic carbocycles. The number of aliphatic hydroxyl groups is 1. The summed E-state index contributed by atoms with van der Waals surface area (Å²) in [4.78, 5) is 3.87. The molecule has 0 aliphatic heterocycles. The highest BCUT2D eigenvalue weighted by Gasteiger charge is 1.96. The fourth-order valence-corrected chi connectivity index (χ4v) is 0.809. The first-order valence-corrected chi connectivity index (χ1v) is 3.55. The highest BCUT2D eigenvalue weighted by atomic mass is 79.9. The van der Waals surface area contributed by atoms with Gasteiger partial charge in [0.05, 0.1) is 16.8 Å². The van der Waals surface area contributed by atoms with Crippen LogP contribution in [-0.2, 0) is 6.61 Å². The van der Waals surface area contributed by atoms with Gasteiger partial charge in [-0.15, -0.1) is 0 Å². The molecule has 1 aromatic rings. The van der Waals surface area contributed by atoms with Gasteiger partial charge < -0.3 is 10.8 Å². The second-order valence-corrected chi connectivity index (χ2v) is 2.68. The molecule has 10 heavy (non-hydrogen) atoms. The summed E-state index contributed by atoms with van der Waals surface area (Å²) in [7, 11) is 0. The Labute approximate surface area is 67.0 Å². The molecule has 0 amide bonds. The number of nitrogens with zero attached hydrogens (tertiary/aromatic N) is 1. The van der Waals surface area contributed by atoms with Gasteiger partial charge in [-0.2, -0.15) is 0 Å². The standard InChI is InChI=1S/C6H7BrN2O/c7-5-2-1-4(3-10)9-6(5)8/h1-2,10H,3H2,(H2,8,9). The molecule has 0 unspecified atom stereocenters. The van der Waals surface area contributed by atoms with E-state index in [9.17, 15) is 0 Å². The Hall–Kier alpha value is -0.610. The Morgan fingerprint density at radius 2 is 2.30 bits per heavy atom. The van der Waals surface area contributed by atoms with Crippen LogP contribution in [0.2, 0.25) is 0 Å². The highest BCUT2D eigenvalue weighted by molar-refractivity contribution is 9.10. The van der Waals surface area contributed by atoms with Crippen LogP contribution in [0.1, 0.15) is 5.69 Å². The van der Waals surface area contributed by atoms with Crippen molar-refractivity contribution >= 4 is 21.7 Å². The van der Waals surface area contributed by atoms with Crippen LogP contribution in [0.4, 0.5) is 5.82 Å². The molecule has 0 aliphatic carbocycles. The Kier molecular flexibility index (Phi) is 2.24. The molecule has 0 saturated carbocycles. The zero-order valence-corrected chi connectivity index (χ0v) is 6.80. The maximum Gasteiger partial charge on any atom is 0.138 e. The zero-order chi connectivity index (χ0) is 7.56. The van der Waals surface area contributed by atoms with Crippen molar-refractivity contribution in [3.05, 3.63) is 22.3 Å². The molecule has 0 aliphatic rings. The summed E-state index contributed by atoms with van der Waals surface area (Å²) in [5, 5.41) is 8.62. The average molecular weight is 203 g/mol. The van der Waals surface area contributed by atoms with Crippen LogP contribution in [0.25, 0.3) is 0 Å². The maximum absolute atomic E-state index is 8.62. The number of nitrogens with two attached hydrogens (primary N) is 1. The third-order valence-corrected chi connectivity index (χ3v) is 1.76. The van der Waals surface area contributed by atoms with E-state index in [0.29, 0.717) is 11.5 Å². The van der Waals surface area contributed by atoms with Crippen LogP contribution in [0.3, 0.4) is 0 Å². The normalized spacial score (nSPS) is 9.80. The molecule has 1 rings (SSSR count). The van der Waals surface area contributed by atoms with Crippen LogP contribution in [0.15, 0.2) is 16.6 Å². The minimum absolute atomic E-state index is 0.0719. The number of halogens is 1. The van der Waals surface area contributed by atoms with Gasteiger partial charge in [0, 0.05) is 0 Å². The van der Waals surface area contributed by atoms with E-state index >= 15 is 0 Å². The van der Waals surface area contributed by atoms with E-state index in [1.54, 1.807) is 12.1 Å². The van der Waals surface area contributed by atoms with Crippen LogP contribution in [0.5, 0.6) is 0 Å². The fraction of sp³-hybridized carbons (Fsp3) is 0.167. The Bertz CT molecular complexity index is 239. The highest BCUT2D eigenvalue weighted by Crippen LogP contribution is 2.16. The topological polar surface area (TPSA) is 59.1 Å². The number of aromatic nitrogens is 1. The summed E-state index contributed by atoms with van der Waals surface area (Å²) in [6.07, 6.45) is 0. The third kappa shape index (κ3) is 1.46. The first kappa shape index (κ1) is 7.50. The molecule has 4 heteroatoms. The molecule has 3 nitrogen and oxygen atoms in total. The van der Waals surface area contributed by atoms with E-state index in [1.165, 1.54) is 0 Å². The molecular formula is C6H7BrN2O. The number of pyridine rings is 1. The van der Waals surface area contributed by atoms with Gasteiger partial charge in [0.1, 0.15) is 5.82 Å². The predicted molar refractivity (Wildman–Crippen MR) is 42.3 cm³/mol. The average Bonchev–Trinajstić information content (AvgIpc) is 1.95. The van der Waals surface area contributed by atoms with E-state index in [-0.39, 0.29) is 6.61 Å². The van der Waals surface area contributed by atoms with Crippen LogP contribution in [-0.4, -0.2) is 10.1 Å². The van der Waals surface area contributed by atoms with E-state index in [0.717, 1.165) is 4.47 Å². The van der Waals surface area contributed by atoms with Crippen molar-refractivity contribution in [3.8, 4) is 0 Å².